The Morgan fingerprint density at radius 2 is 1.95 bits per heavy atom. The van der Waals surface area contributed by atoms with Crippen molar-refractivity contribution in [3.63, 3.8) is 0 Å². The molecule has 3 rings (SSSR count). The minimum absolute atomic E-state index is 0.0754. The van der Waals surface area contributed by atoms with Crippen LogP contribution in [0.15, 0.2) is 52.9 Å². The maximum atomic E-state index is 14.9. The van der Waals surface area contributed by atoms with Gasteiger partial charge in [0.15, 0.2) is 11.6 Å². The van der Waals surface area contributed by atoms with Gasteiger partial charge in [-0.1, -0.05) is 13.8 Å². The molecule has 0 saturated heterocycles. The van der Waals surface area contributed by atoms with Gasteiger partial charge in [0, 0.05) is 48.6 Å². The first-order chi connectivity index (χ1) is 17.8. The van der Waals surface area contributed by atoms with Crippen molar-refractivity contribution in [2.24, 2.45) is 10.7 Å². The normalized spacial score (nSPS) is 12.1. The predicted molar refractivity (Wildman–Crippen MR) is 142 cm³/mol. The molecule has 0 spiro atoms. The number of carbonyl (C=O) groups is 1. The second-order valence-corrected chi connectivity index (χ2v) is 7.68. The number of esters is 1. The number of nitrogens with two attached hydrogens (primary N) is 1. The van der Waals surface area contributed by atoms with Gasteiger partial charge in [-0.25, -0.2) is 14.2 Å². The van der Waals surface area contributed by atoms with Crippen LogP contribution in [-0.2, 0) is 16.1 Å². The number of ether oxygens (including phenoxy) is 2. The van der Waals surface area contributed by atoms with Gasteiger partial charge >= 0.3 is 5.97 Å². The van der Waals surface area contributed by atoms with E-state index in [1.807, 2.05) is 25.3 Å². The van der Waals surface area contributed by atoms with Gasteiger partial charge in [-0.05, 0) is 45.2 Å². The van der Waals surface area contributed by atoms with Crippen molar-refractivity contribution in [3.05, 3.63) is 65.3 Å². The van der Waals surface area contributed by atoms with Crippen LogP contribution >= 0.6 is 0 Å². The van der Waals surface area contributed by atoms with E-state index in [0.717, 1.165) is 17.4 Å². The number of halogens is 2. The molecule has 2 aromatic heterocycles. The quantitative estimate of drug-likeness (QED) is 0.231. The average molecular weight is 516 g/mol. The fraction of sp³-hybridized carbons (Fsp3) is 0.370. The van der Waals surface area contributed by atoms with E-state index in [0.29, 0.717) is 29.0 Å². The van der Waals surface area contributed by atoms with Crippen molar-refractivity contribution in [2.45, 2.75) is 40.7 Å². The Kier molecular flexibility index (Phi) is 11.2. The van der Waals surface area contributed by atoms with Gasteiger partial charge in [0.05, 0.1) is 25.1 Å². The van der Waals surface area contributed by atoms with Crippen LogP contribution in [-0.4, -0.2) is 48.4 Å². The molecule has 10 heteroatoms. The summed E-state index contributed by atoms with van der Waals surface area (Å²) >= 11 is 0. The van der Waals surface area contributed by atoms with Gasteiger partial charge < -0.3 is 24.9 Å². The number of pyridine rings is 1. The van der Waals surface area contributed by atoms with Crippen LogP contribution in [0, 0.1) is 11.6 Å². The summed E-state index contributed by atoms with van der Waals surface area (Å²) < 4.78 is 41.6. The number of hydrogen-bond donors (Lipinski definition) is 2. The minimum Gasteiger partial charge on any atom is -0.489 e. The lowest BCUT2D eigenvalue weighted by Gasteiger charge is -2.16. The lowest BCUT2D eigenvalue weighted by molar-refractivity contribution is -0.138. The molecular formula is C27H35F2N5O3. The monoisotopic (exact) mass is 515 g/mol. The molecule has 0 aliphatic rings. The van der Waals surface area contributed by atoms with Crippen LogP contribution in [0.4, 0.5) is 8.78 Å². The first-order valence-electron chi connectivity index (χ1n) is 12.1. The fourth-order valence-corrected chi connectivity index (χ4v) is 3.64. The molecule has 0 bridgehead atoms. The van der Waals surface area contributed by atoms with Gasteiger partial charge in [0.1, 0.15) is 11.3 Å². The molecule has 8 nitrogen and oxygen atoms in total. The lowest BCUT2D eigenvalue weighted by Crippen LogP contribution is -2.21. The van der Waals surface area contributed by atoms with Gasteiger partial charge in [0.25, 0.3) is 0 Å². The third-order valence-electron chi connectivity index (χ3n) is 5.49. The van der Waals surface area contributed by atoms with Crippen molar-refractivity contribution in [1.82, 2.24) is 14.7 Å². The highest BCUT2D eigenvalue weighted by Crippen LogP contribution is 2.34. The minimum atomic E-state index is -1.10. The van der Waals surface area contributed by atoms with E-state index in [2.05, 4.69) is 15.3 Å². The molecule has 200 valence electrons. The summed E-state index contributed by atoms with van der Waals surface area (Å²) in [4.78, 5) is 20.6. The zero-order valence-corrected chi connectivity index (χ0v) is 22.2. The number of carbonyl (C=O) groups excluding carboxylic acids is 1. The zero-order chi connectivity index (χ0) is 27.5. The van der Waals surface area contributed by atoms with Crippen molar-refractivity contribution in [1.29, 1.82) is 0 Å². The smallest absolute Gasteiger partial charge is 0.354 e. The number of aliphatic imine (C=N–C) groups is 1. The summed E-state index contributed by atoms with van der Waals surface area (Å²) in [5.41, 5.74) is 9.45. The molecule has 0 radical (unpaired) electrons. The Bertz CT molecular complexity index is 1280. The maximum Gasteiger partial charge on any atom is 0.354 e. The van der Waals surface area contributed by atoms with E-state index >= 15 is 0 Å². The van der Waals surface area contributed by atoms with Crippen LogP contribution in [0.5, 0.6) is 5.75 Å². The summed E-state index contributed by atoms with van der Waals surface area (Å²) in [6.07, 6.45) is 3.68. The van der Waals surface area contributed by atoms with E-state index in [1.165, 1.54) is 6.07 Å². The van der Waals surface area contributed by atoms with Gasteiger partial charge in [-0.2, -0.15) is 4.39 Å². The van der Waals surface area contributed by atoms with E-state index < -0.39 is 17.6 Å². The number of hydrogen-bond acceptors (Lipinski definition) is 7. The second kappa shape index (κ2) is 14.1. The van der Waals surface area contributed by atoms with Crippen LogP contribution in [0.2, 0.25) is 0 Å². The molecule has 1 aromatic carbocycles. The highest BCUT2D eigenvalue weighted by Gasteiger charge is 2.20. The highest BCUT2D eigenvalue weighted by atomic mass is 19.2. The number of aromatic nitrogens is 2. The molecule has 3 aromatic rings. The molecule has 0 unspecified atom stereocenters. The number of rotatable bonds is 10. The Labute approximate surface area is 216 Å². The number of imidazole rings is 1. The Balaban J connectivity index is 0.00000235. The molecule has 0 amide bonds. The number of benzene rings is 1. The summed E-state index contributed by atoms with van der Waals surface area (Å²) in [6.45, 7) is 8.04. The van der Waals surface area contributed by atoms with Crippen molar-refractivity contribution >= 4 is 17.3 Å². The van der Waals surface area contributed by atoms with E-state index in [9.17, 15) is 13.6 Å². The molecule has 2 heterocycles. The third kappa shape index (κ3) is 6.91. The fourth-order valence-electron chi connectivity index (χ4n) is 3.64. The first kappa shape index (κ1) is 29.4. The topological polar surface area (TPSA) is 103 Å². The average Bonchev–Trinajstić information content (AvgIpc) is 3.31. The molecule has 37 heavy (non-hydrogen) atoms. The standard InChI is InChI=1S/C25H29F2N5O3.C2H6/c1-5-34-25(33)23(28)18(15(2)30-4)10-11-35-24-19(7-8-20(26)22(24)27)16-6-9-21-31-13-17(12-29-3)32(21)14-16;1-2/h6-9,13-14,29H,5,10-12,28H2,1-4H3;1-2H3/b23-18-,30-15?;. The molecule has 0 aliphatic carbocycles. The third-order valence-corrected chi connectivity index (χ3v) is 5.49. The lowest BCUT2D eigenvalue weighted by atomic mass is 10.0. The van der Waals surface area contributed by atoms with E-state index in [4.69, 9.17) is 15.2 Å². The van der Waals surface area contributed by atoms with Crippen molar-refractivity contribution in [3.8, 4) is 16.9 Å². The van der Waals surface area contributed by atoms with Crippen molar-refractivity contribution in [2.75, 3.05) is 27.3 Å². The molecule has 3 N–H and O–H groups in total. The number of fused-ring (bicyclic) bond motifs is 1. The maximum absolute atomic E-state index is 14.9. The first-order valence-corrected chi connectivity index (χ1v) is 12.1. The summed E-state index contributed by atoms with van der Waals surface area (Å²) in [5, 5.41) is 3.07. The van der Waals surface area contributed by atoms with Gasteiger partial charge in [0.2, 0.25) is 5.82 Å². The van der Waals surface area contributed by atoms with Crippen LogP contribution < -0.4 is 15.8 Å². The molecule has 0 atom stereocenters. The summed E-state index contributed by atoms with van der Waals surface area (Å²) in [6, 6.07) is 6.08. The SMILES string of the molecule is CC.CCOC(=O)/C(N)=C(\CCOc1c(-c2ccc3ncc(CNC)n3c2)ccc(F)c1F)C(C)=NC. The molecular weight excluding hydrogens is 480 g/mol. The Hall–Kier alpha value is -3.79. The van der Waals surface area contributed by atoms with Crippen LogP contribution in [0.1, 0.15) is 39.8 Å². The largest absolute Gasteiger partial charge is 0.489 e. The second-order valence-electron chi connectivity index (χ2n) is 7.68. The molecule has 0 saturated carbocycles. The van der Waals surface area contributed by atoms with Crippen LogP contribution in [0.25, 0.3) is 16.8 Å². The van der Waals surface area contributed by atoms with Crippen molar-refractivity contribution < 1.29 is 23.0 Å². The molecule has 0 fully saturated rings. The Morgan fingerprint density at radius 1 is 1.22 bits per heavy atom. The van der Waals surface area contributed by atoms with E-state index in [-0.39, 0.29) is 31.1 Å². The predicted octanol–water partition coefficient (Wildman–Crippen LogP) is 4.66. The van der Waals surface area contributed by atoms with Gasteiger partial charge in [-0.15, -0.1) is 0 Å². The van der Waals surface area contributed by atoms with Crippen LogP contribution in [0.3, 0.4) is 0 Å². The van der Waals surface area contributed by atoms with Gasteiger partial charge in [-0.3, -0.25) is 4.99 Å². The number of nitrogens with one attached hydrogen (secondary N) is 1. The summed E-state index contributed by atoms with van der Waals surface area (Å²) in [7, 11) is 3.39. The molecule has 0 aliphatic heterocycles. The number of nitrogens with zero attached hydrogens (tertiary/aromatic N) is 3. The highest BCUT2D eigenvalue weighted by molar-refractivity contribution is 6.05. The summed E-state index contributed by atoms with van der Waals surface area (Å²) in [5.74, 6) is -3.04. The van der Waals surface area contributed by atoms with E-state index in [1.54, 1.807) is 45.4 Å². The Morgan fingerprint density at radius 3 is 2.59 bits per heavy atom. The zero-order valence-electron chi connectivity index (χ0n) is 22.2.